The Morgan fingerprint density at radius 3 is 1.10 bits per heavy atom. The highest BCUT2D eigenvalue weighted by molar-refractivity contribution is 5.76. The van der Waals surface area contributed by atoms with E-state index in [1.807, 2.05) is 6.92 Å². The molecule has 0 aromatic heterocycles. The first-order valence-electron chi connectivity index (χ1n) is 31.8. The number of carbonyl (C=O) groups excluding carboxylic acids is 1. The second kappa shape index (κ2) is 44.3. The van der Waals surface area contributed by atoms with E-state index in [1.54, 1.807) is 0 Å². The van der Waals surface area contributed by atoms with E-state index >= 15 is 0 Å². The van der Waals surface area contributed by atoms with Crippen LogP contribution in [0.1, 0.15) is 245 Å². The Morgan fingerprint density at radius 2 is 0.722 bits per heavy atom. The average Bonchev–Trinajstić information content (AvgIpc) is 3.55. The maximum atomic E-state index is 13.2. The molecule has 3 heterocycles. The van der Waals surface area contributed by atoms with Crippen molar-refractivity contribution in [2.24, 2.45) is 0 Å². The summed E-state index contributed by atoms with van der Waals surface area (Å²) in [5.41, 5.74) is 0. The van der Waals surface area contributed by atoms with Crippen LogP contribution < -0.4 is 5.32 Å². The molecule has 3 fully saturated rings. The van der Waals surface area contributed by atoms with Crippen LogP contribution in [0.3, 0.4) is 0 Å². The minimum Gasteiger partial charge on any atom is -0.394 e. The molecule has 19 nitrogen and oxygen atoms in total. The summed E-state index contributed by atoms with van der Waals surface area (Å²) in [6.07, 6.45) is 17.9. The van der Waals surface area contributed by atoms with Gasteiger partial charge in [0, 0.05) is 6.42 Å². The van der Waals surface area contributed by atoms with E-state index in [0.29, 0.717) is 19.3 Å². The number of hydrogen-bond acceptors (Lipinski definition) is 18. The molecule has 0 spiro atoms. The van der Waals surface area contributed by atoms with Crippen LogP contribution in [0.4, 0.5) is 0 Å². The summed E-state index contributed by atoms with van der Waals surface area (Å²) in [5.74, 6) is -0.249. The van der Waals surface area contributed by atoms with Crippen molar-refractivity contribution in [1.29, 1.82) is 0 Å². The highest BCUT2D eigenvalue weighted by atomic mass is 16.8. The molecule has 0 saturated carbocycles. The molecular formula is C60H115NO18. The molecule has 3 aliphatic rings. The van der Waals surface area contributed by atoms with Gasteiger partial charge in [0.15, 0.2) is 18.9 Å². The van der Waals surface area contributed by atoms with Crippen LogP contribution in [0.15, 0.2) is 0 Å². The largest absolute Gasteiger partial charge is 0.394 e. The third-order valence-electron chi connectivity index (χ3n) is 16.4. The second-order valence-corrected chi connectivity index (χ2v) is 23.2. The molecule has 0 aromatic carbocycles. The Balaban J connectivity index is 1.25. The van der Waals surface area contributed by atoms with Crippen molar-refractivity contribution in [3.8, 4) is 0 Å². The van der Waals surface area contributed by atoms with Gasteiger partial charge in [0.25, 0.3) is 0 Å². The smallest absolute Gasteiger partial charge is 0.220 e. The lowest BCUT2D eigenvalue weighted by molar-refractivity contribution is -0.379. The van der Waals surface area contributed by atoms with Crippen LogP contribution in [0.25, 0.3) is 0 Å². The van der Waals surface area contributed by atoms with Crippen LogP contribution in [0, 0.1) is 0 Å². The number of aliphatic hydroxyl groups is 11. The summed E-state index contributed by atoms with van der Waals surface area (Å²) in [4.78, 5) is 13.2. The van der Waals surface area contributed by atoms with Crippen LogP contribution in [0.2, 0.25) is 0 Å². The number of nitrogens with one attached hydrogen (secondary N) is 1. The fourth-order valence-electron chi connectivity index (χ4n) is 11.2. The molecule has 0 aromatic rings. The summed E-state index contributed by atoms with van der Waals surface area (Å²) in [7, 11) is 0. The molecule has 3 aliphatic heterocycles. The third kappa shape index (κ3) is 28.0. The lowest BCUT2D eigenvalue weighted by Crippen LogP contribution is -2.66. The normalized spacial score (nSPS) is 30.2. The first-order chi connectivity index (χ1) is 38.3. The molecule has 17 atom stereocenters. The lowest BCUT2D eigenvalue weighted by Gasteiger charge is -2.48. The molecule has 0 aliphatic carbocycles. The van der Waals surface area contributed by atoms with Gasteiger partial charge in [-0.25, -0.2) is 0 Å². The van der Waals surface area contributed by atoms with Gasteiger partial charge in [-0.05, 0) is 12.8 Å². The predicted octanol–water partition coefficient (Wildman–Crippen LogP) is 6.38. The van der Waals surface area contributed by atoms with Gasteiger partial charge in [-0.2, -0.15) is 0 Å². The van der Waals surface area contributed by atoms with E-state index in [4.69, 9.17) is 28.4 Å². The molecule has 79 heavy (non-hydrogen) atoms. The number of unbranched alkanes of at least 4 members (excludes halogenated alkanes) is 32. The molecule has 0 bridgehead atoms. The summed E-state index contributed by atoms with van der Waals surface area (Å²) in [5, 5.41) is 119. The van der Waals surface area contributed by atoms with Crippen LogP contribution in [-0.2, 0) is 33.2 Å². The van der Waals surface area contributed by atoms with Gasteiger partial charge in [-0.15, -0.1) is 0 Å². The summed E-state index contributed by atoms with van der Waals surface area (Å²) in [6.45, 7) is 1.62. The van der Waals surface area contributed by atoms with E-state index in [0.717, 1.165) is 32.1 Å². The second-order valence-electron chi connectivity index (χ2n) is 23.2. The molecule has 17 unspecified atom stereocenters. The van der Waals surface area contributed by atoms with Crippen molar-refractivity contribution in [3.63, 3.8) is 0 Å². The fraction of sp³-hybridized carbons (Fsp3) is 0.983. The number of amides is 1. The van der Waals surface area contributed by atoms with Crippen molar-refractivity contribution < 1.29 is 89.4 Å². The zero-order valence-electron chi connectivity index (χ0n) is 48.9. The van der Waals surface area contributed by atoms with Crippen molar-refractivity contribution in [2.45, 2.75) is 349 Å². The maximum absolute atomic E-state index is 13.2. The van der Waals surface area contributed by atoms with Gasteiger partial charge >= 0.3 is 0 Å². The highest BCUT2D eigenvalue weighted by Gasteiger charge is 2.53. The van der Waals surface area contributed by atoms with Crippen LogP contribution in [0.5, 0.6) is 0 Å². The zero-order valence-corrected chi connectivity index (χ0v) is 48.9. The highest BCUT2D eigenvalue weighted by Crippen LogP contribution is 2.33. The summed E-state index contributed by atoms with van der Waals surface area (Å²) in [6, 6.07) is -0.877. The quantitative estimate of drug-likeness (QED) is 0.0294. The number of ether oxygens (including phenoxy) is 6. The molecule has 19 heteroatoms. The van der Waals surface area contributed by atoms with Crippen molar-refractivity contribution in [2.75, 3.05) is 26.4 Å². The minimum absolute atomic E-state index is 0.249. The Morgan fingerprint density at radius 1 is 0.405 bits per heavy atom. The first kappa shape index (κ1) is 72.1. The topological polar surface area (TPSA) is 307 Å². The van der Waals surface area contributed by atoms with Crippen molar-refractivity contribution >= 4 is 5.91 Å². The molecule has 3 saturated heterocycles. The lowest BCUT2D eigenvalue weighted by atomic mass is 9.96. The number of rotatable bonds is 48. The van der Waals surface area contributed by atoms with E-state index in [2.05, 4.69) is 12.2 Å². The van der Waals surface area contributed by atoms with Gasteiger partial charge in [-0.1, -0.05) is 226 Å². The Kier molecular flexibility index (Phi) is 40.4. The van der Waals surface area contributed by atoms with Gasteiger partial charge < -0.3 is 89.9 Å². The first-order valence-corrected chi connectivity index (χ1v) is 31.8. The van der Waals surface area contributed by atoms with Crippen molar-refractivity contribution in [3.05, 3.63) is 0 Å². The van der Waals surface area contributed by atoms with Gasteiger partial charge in [0.2, 0.25) is 5.91 Å². The zero-order chi connectivity index (χ0) is 57.6. The van der Waals surface area contributed by atoms with E-state index in [9.17, 15) is 61.0 Å². The monoisotopic (exact) mass is 1140 g/mol. The Labute approximate surface area is 474 Å². The van der Waals surface area contributed by atoms with E-state index in [1.165, 1.54) is 173 Å². The molecule has 12 N–H and O–H groups in total. The standard InChI is InChI=1S/C60H115NO18/c1-3-5-7-8-9-10-11-12-13-14-15-16-17-18-19-20-21-22-23-24-25-26-27-28-29-30-31-32-33-34-36-38-48(66)61-43(44(65)37-35-6-4-2)42-74-58-54(72)51(69)56(46(40-63)76-58)79-60-55(73)52(70)57(47(41-64)77-60)78-59-53(71)50(68)49(67)45(39-62)75-59/h43-47,49-60,62-65,67-73H,3-42H2,1-2H3,(H,61,66). The molecule has 3 rings (SSSR count). The fourth-order valence-corrected chi connectivity index (χ4v) is 11.2. The third-order valence-corrected chi connectivity index (χ3v) is 16.4. The number of aliphatic hydroxyl groups excluding tert-OH is 11. The molecule has 1 amide bonds. The van der Waals surface area contributed by atoms with Gasteiger partial charge in [0.1, 0.15) is 73.2 Å². The van der Waals surface area contributed by atoms with Crippen LogP contribution in [-0.4, -0.2) is 193 Å². The van der Waals surface area contributed by atoms with Gasteiger partial charge in [-0.3, -0.25) is 4.79 Å². The SMILES string of the molecule is CCCCCCCCCCCCCCCCCCCCCCCCCCCCCCCCCC(=O)NC(COC1OC(CO)C(OC2OC(CO)C(OC3OC(CO)C(O)C(O)C3O)C(O)C2O)C(O)C1O)C(O)CCCCC. The Bertz CT molecular complexity index is 1450. The minimum atomic E-state index is -1.97. The predicted molar refractivity (Wildman–Crippen MR) is 300 cm³/mol. The Hall–Kier alpha value is -1.21. The molecule has 468 valence electrons. The van der Waals surface area contributed by atoms with E-state index < -0.39 is 124 Å². The van der Waals surface area contributed by atoms with Gasteiger partial charge in [0.05, 0.1) is 38.6 Å². The summed E-state index contributed by atoms with van der Waals surface area (Å²) < 4.78 is 34.0. The summed E-state index contributed by atoms with van der Waals surface area (Å²) >= 11 is 0. The number of carbonyl (C=O) groups is 1. The van der Waals surface area contributed by atoms with E-state index in [-0.39, 0.29) is 18.9 Å². The molecule has 0 radical (unpaired) electrons. The average molecular weight is 1140 g/mol. The van der Waals surface area contributed by atoms with Crippen molar-refractivity contribution in [1.82, 2.24) is 5.32 Å². The molecular weight excluding hydrogens is 1020 g/mol. The number of hydrogen-bond donors (Lipinski definition) is 12. The van der Waals surface area contributed by atoms with Crippen LogP contribution >= 0.6 is 0 Å². The maximum Gasteiger partial charge on any atom is 0.220 e.